The second-order valence-electron chi connectivity index (χ2n) is 19.0. The van der Waals surface area contributed by atoms with E-state index in [0.29, 0.717) is 5.82 Å². The minimum Gasteiger partial charge on any atom is -0.309 e. The van der Waals surface area contributed by atoms with Crippen LogP contribution < -0.4 is 0 Å². The average Bonchev–Trinajstić information content (AvgIpc) is 4.00. The summed E-state index contributed by atoms with van der Waals surface area (Å²) in [6.45, 7) is 0. The van der Waals surface area contributed by atoms with Crippen LogP contribution in [0.1, 0.15) is 0 Å². The van der Waals surface area contributed by atoms with Crippen molar-refractivity contribution < 1.29 is 0 Å². The lowest BCUT2D eigenvalue weighted by molar-refractivity contribution is 1.16. The van der Waals surface area contributed by atoms with E-state index in [1.807, 2.05) is 0 Å². The highest BCUT2D eigenvalue weighted by Crippen LogP contribution is 2.39. The van der Waals surface area contributed by atoms with Crippen molar-refractivity contribution in [1.82, 2.24) is 19.1 Å². The molecule has 11 aromatic carbocycles. The summed E-state index contributed by atoms with van der Waals surface area (Å²) in [6.07, 6.45) is 0. The lowest BCUT2D eigenvalue weighted by atomic mass is 9.98. The molecule has 4 heteroatoms. The van der Waals surface area contributed by atoms with Crippen LogP contribution in [-0.2, 0) is 0 Å². The molecule has 0 aliphatic carbocycles. The topological polar surface area (TPSA) is 35.6 Å². The highest BCUT2D eigenvalue weighted by Gasteiger charge is 2.17. The molecule has 0 radical (unpaired) electrons. The Morgan fingerprint density at radius 1 is 0.203 bits per heavy atom. The minimum absolute atomic E-state index is 0.676. The van der Waals surface area contributed by atoms with Crippen LogP contribution in [-0.4, -0.2) is 19.1 Å². The second kappa shape index (κ2) is 18.1. The van der Waals surface area contributed by atoms with Gasteiger partial charge in [0, 0.05) is 49.6 Å². The third-order valence-electron chi connectivity index (χ3n) is 14.6. The highest BCUT2D eigenvalue weighted by atomic mass is 15.0. The molecule has 3 aromatic heterocycles. The van der Waals surface area contributed by atoms with Gasteiger partial charge in [-0.05, 0) is 117 Å². The van der Waals surface area contributed by atoms with Gasteiger partial charge in [0.05, 0.1) is 33.5 Å². The molecule has 0 N–H and O–H groups in total. The quantitative estimate of drug-likeness (QED) is 0.145. The van der Waals surface area contributed by atoms with Gasteiger partial charge in [0.1, 0.15) is 0 Å². The highest BCUT2D eigenvalue weighted by molar-refractivity contribution is 6.11. The second-order valence-corrected chi connectivity index (χ2v) is 19.0. The molecule has 0 bridgehead atoms. The molecular formula is C70H46N4. The predicted molar refractivity (Wildman–Crippen MR) is 309 cm³/mol. The van der Waals surface area contributed by atoms with Crippen LogP contribution in [0.2, 0.25) is 0 Å². The lowest BCUT2D eigenvalue weighted by Gasteiger charge is -2.12. The van der Waals surface area contributed by atoms with Gasteiger partial charge in [0.2, 0.25) is 0 Å². The van der Waals surface area contributed by atoms with E-state index in [1.165, 1.54) is 71.5 Å². The molecule has 74 heavy (non-hydrogen) atoms. The molecule has 14 aromatic rings. The van der Waals surface area contributed by atoms with Gasteiger partial charge in [0.15, 0.2) is 5.82 Å². The van der Waals surface area contributed by atoms with Crippen molar-refractivity contribution >= 4 is 43.6 Å². The molecule has 0 fully saturated rings. The summed E-state index contributed by atoms with van der Waals surface area (Å²) in [5, 5.41) is 4.93. The number of para-hydroxylation sites is 3. The van der Waals surface area contributed by atoms with Crippen molar-refractivity contribution in [3.8, 4) is 89.8 Å². The van der Waals surface area contributed by atoms with Crippen molar-refractivity contribution in [1.29, 1.82) is 0 Å². The molecule has 0 aliphatic heterocycles. The Hall–Kier alpha value is -9.90. The van der Waals surface area contributed by atoms with Gasteiger partial charge in [-0.2, -0.15) is 0 Å². The van der Waals surface area contributed by atoms with Gasteiger partial charge < -0.3 is 9.13 Å². The Labute approximate surface area is 429 Å². The molecule has 0 spiro atoms. The SMILES string of the molecule is c1ccc(-c2ccc(-c3cc(-c4ccc(-c5ccccc5)cc4)nc(-c4ccc(-n5c6ccccc6c6ccc(-c7ccc(-c8ccc9c(c8)c8ccccc8n9-c8ccccc8)cc7)cc65)cc4)n3)cc2)cc1. The molecule has 3 heterocycles. The monoisotopic (exact) mass is 942 g/mol. The number of aromatic nitrogens is 4. The van der Waals surface area contributed by atoms with E-state index < -0.39 is 0 Å². The van der Waals surface area contributed by atoms with Gasteiger partial charge in [0.25, 0.3) is 0 Å². The van der Waals surface area contributed by atoms with E-state index >= 15 is 0 Å². The third kappa shape index (κ3) is 7.65. The summed E-state index contributed by atoms with van der Waals surface area (Å²) in [5.41, 5.74) is 21.1. The van der Waals surface area contributed by atoms with E-state index in [0.717, 1.165) is 56.0 Å². The number of rotatable bonds is 9. The van der Waals surface area contributed by atoms with Crippen molar-refractivity contribution in [3.63, 3.8) is 0 Å². The molecule has 0 atom stereocenters. The first kappa shape index (κ1) is 42.9. The Morgan fingerprint density at radius 2 is 0.554 bits per heavy atom. The fourth-order valence-corrected chi connectivity index (χ4v) is 10.9. The van der Waals surface area contributed by atoms with Gasteiger partial charge in [-0.25, -0.2) is 9.97 Å². The zero-order chi connectivity index (χ0) is 49.0. The average molecular weight is 943 g/mol. The van der Waals surface area contributed by atoms with Gasteiger partial charge >= 0.3 is 0 Å². The summed E-state index contributed by atoms with van der Waals surface area (Å²) in [5.74, 6) is 0.676. The van der Waals surface area contributed by atoms with E-state index in [1.54, 1.807) is 0 Å². The van der Waals surface area contributed by atoms with E-state index in [-0.39, 0.29) is 0 Å². The fraction of sp³-hybridized carbons (Fsp3) is 0. The summed E-state index contributed by atoms with van der Waals surface area (Å²) in [6, 6.07) is 100. The van der Waals surface area contributed by atoms with Crippen LogP contribution in [0.3, 0.4) is 0 Å². The zero-order valence-corrected chi connectivity index (χ0v) is 40.3. The molecule has 346 valence electrons. The maximum atomic E-state index is 5.25. The minimum atomic E-state index is 0.676. The van der Waals surface area contributed by atoms with Crippen LogP contribution in [0.5, 0.6) is 0 Å². The Morgan fingerprint density at radius 3 is 1.11 bits per heavy atom. The van der Waals surface area contributed by atoms with Gasteiger partial charge in [-0.3, -0.25) is 0 Å². The first-order valence-corrected chi connectivity index (χ1v) is 25.2. The number of hydrogen-bond acceptors (Lipinski definition) is 2. The summed E-state index contributed by atoms with van der Waals surface area (Å²) in [4.78, 5) is 10.5. The maximum Gasteiger partial charge on any atom is 0.160 e. The van der Waals surface area contributed by atoms with Gasteiger partial charge in [-0.15, -0.1) is 0 Å². The number of nitrogens with zero attached hydrogens (tertiary/aromatic N) is 4. The smallest absolute Gasteiger partial charge is 0.160 e. The lowest BCUT2D eigenvalue weighted by Crippen LogP contribution is -1.97. The summed E-state index contributed by atoms with van der Waals surface area (Å²) < 4.78 is 4.75. The third-order valence-corrected chi connectivity index (χ3v) is 14.6. The van der Waals surface area contributed by atoms with Crippen molar-refractivity contribution in [2.75, 3.05) is 0 Å². The number of hydrogen-bond donors (Lipinski definition) is 0. The summed E-state index contributed by atoms with van der Waals surface area (Å²) >= 11 is 0. The summed E-state index contributed by atoms with van der Waals surface area (Å²) in [7, 11) is 0. The van der Waals surface area contributed by atoms with Crippen LogP contribution in [0.4, 0.5) is 0 Å². The molecule has 0 amide bonds. The molecule has 14 rings (SSSR count). The molecule has 0 unspecified atom stereocenters. The standard InChI is InChI=1S/C70H46N4/c1-4-14-47(15-5-1)49-28-32-53(33-29-49)64-46-65(54-34-30-50(31-35-54)48-16-6-2-7-17-48)72-70(71-64)55-36-40-59(41-37-55)74-66-22-12-10-20-60(66)62-42-38-57(45-69(62)74)52-26-24-51(25-27-52)56-39-43-68-63(44-56)61-21-11-13-23-67(61)73(68)58-18-8-3-9-19-58/h1-46H. The van der Waals surface area contributed by atoms with Crippen molar-refractivity contribution in [2.45, 2.75) is 0 Å². The number of benzene rings is 11. The Bertz CT molecular complexity index is 4240. The molecule has 0 saturated carbocycles. The maximum absolute atomic E-state index is 5.25. The van der Waals surface area contributed by atoms with Crippen LogP contribution >= 0.6 is 0 Å². The first-order chi connectivity index (χ1) is 36.7. The van der Waals surface area contributed by atoms with Crippen molar-refractivity contribution in [3.05, 3.63) is 279 Å². The zero-order valence-electron chi connectivity index (χ0n) is 40.3. The normalized spacial score (nSPS) is 11.5. The van der Waals surface area contributed by atoms with Crippen LogP contribution in [0.15, 0.2) is 279 Å². The first-order valence-electron chi connectivity index (χ1n) is 25.2. The molecular weight excluding hydrogens is 897 g/mol. The van der Waals surface area contributed by atoms with E-state index in [2.05, 4.69) is 288 Å². The predicted octanol–water partition coefficient (Wildman–Crippen LogP) is 18.3. The molecule has 0 aliphatic rings. The van der Waals surface area contributed by atoms with Crippen LogP contribution in [0.25, 0.3) is 133 Å². The molecule has 0 saturated heterocycles. The van der Waals surface area contributed by atoms with Crippen LogP contribution in [0, 0.1) is 0 Å². The number of fused-ring (bicyclic) bond motifs is 6. The fourth-order valence-electron chi connectivity index (χ4n) is 10.9. The largest absolute Gasteiger partial charge is 0.309 e. The van der Waals surface area contributed by atoms with E-state index in [4.69, 9.17) is 9.97 Å². The van der Waals surface area contributed by atoms with Gasteiger partial charge in [-0.1, -0.05) is 206 Å². The van der Waals surface area contributed by atoms with Crippen molar-refractivity contribution in [2.24, 2.45) is 0 Å². The van der Waals surface area contributed by atoms with E-state index in [9.17, 15) is 0 Å². The Balaban J connectivity index is 0.811. The molecule has 4 nitrogen and oxygen atoms in total. The Kier molecular flexibility index (Phi) is 10.5.